The molecule has 0 fully saturated rings. The van der Waals surface area contributed by atoms with Crippen molar-refractivity contribution in [3.8, 4) is 33.8 Å². The minimum absolute atomic E-state index is 0.916. The standard InChI is InChI=1S/C36H22OS/c1-2-11-25(31-16-9-19-35-36(31)37-33-17-7-8-18-34(33)38-35)24(10-1)23-20-21-30-28-14-4-3-12-26(28)27-13-5-6-15-29(27)32(30)22-23/h1-22H. The molecule has 0 atom stereocenters. The largest absolute Gasteiger partial charge is 0.454 e. The molecular formula is C36H22OS. The van der Waals surface area contributed by atoms with Gasteiger partial charge in [0.05, 0.1) is 9.79 Å². The lowest BCUT2D eigenvalue weighted by molar-refractivity contribution is 0.456. The lowest BCUT2D eigenvalue weighted by Crippen LogP contribution is -1.97. The molecule has 0 saturated heterocycles. The maximum absolute atomic E-state index is 6.51. The van der Waals surface area contributed by atoms with Crippen molar-refractivity contribution in [2.75, 3.05) is 0 Å². The zero-order chi connectivity index (χ0) is 25.1. The molecule has 1 aliphatic rings. The molecule has 0 radical (unpaired) electrons. The zero-order valence-electron chi connectivity index (χ0n) is 20.5. The van der Waals surface area contributed by atoms with E-state index in [-0.39, 0.29) is 0 Å². The van der Waals surface area contributed by atoms with Gasteiger partial charge in [0.1, 0.15) is 11.5 Å². The van der Waals surface area contributed by atoms with Crippen molar-refractivity contribution in [3.63, 3.8) is 0 Å². The molecule has 38 heavy (non-hydrogen) atoms. The molecule has 0 spiro atoms. The Morgan fingerprint density at radius 3 is 1.71 bits per heavy atom. The van der Waals surface area contributed by atoms with E-state index in [1.54, 1.807) is 11.8 Å². The minimum Gasteiger partial charge on any atom is -0.454 e. The summed E-state index contributed by atoms with van der Waals surface area (Å²) in [6.07, 6.45) is 0. The molecule has 178 valence electrons. The topological polar surface area (TPSA) is 9.23 Å². The van der Waals surface area contributed by atoms with Crippen LogP contribution in [0.3, 0.4) is 0 Å². The van der Waals surface area contributed by atoms with Crippen molar-refractivity contribution in [1.82, 2.24) is 0 Å². The molecule has 7 aromatic rings. The van der Waals surface area contributed by atoms with Crippen LogP contribution in [-0.4, -0.2) is 0 Å². The first-order chi connectivity index (χ1) is 18.8. The van der Waals surface area contributed by atoms with Gasteiger partial charge in [-0.1, -0.05) is 121 Å². The summed E-state index contributed by atoms with van der Waals surface area (Å²) >= 11 is 1.77. The number of para-hydroxylation sites is 2. The molecule has 0 bridgehead atoms. The second-order valence-corrected chi connectivity index (χ2v) is 10.8. The predicted molar refractivity (Wildman–Crippen MR) is 160 cm³/mol. The SMILES string of the molecule is c1ccc2c(c1)Oc1c(cccc1-c1ccccc1-c1ccc3c4ccccc4c4ccccc4c3c1)S2. The van der Waals surface area contributed by atoms with E-state index in [2.05, 4.69) is 121 Å². The van der Waals surface area contributed by atoms with Gasteiger partial charge in [-0.3, -0.25) is 0 Å². The number of hydrogen-bond donors (Lipinski definition) is 0. The Bertz CT molecular complexity index is 2000. The smallest absolute Gasteiger partial charge is 0.149 e. The molecule has 1 nitrogen and oxygen atoms in total. The van der Waals surface area contributed by atoms with Crippen LogP contribution >= 0.6 is 11.8 Å². The molecule has 2 heteroatoms. The molecule has 0 amide bonds. The summed E-state index contributed by atoms with van der Waals surface area (Å²) in [4.78, 5) is 2.30. The minimum atomic E-state index is 0.916. The highest BCUT2D eigenvalue weighted by molar-refractivity contribution is 7.99. The van der Waals surface area contributed by atoms with E-state index < -0.39 is 0 Å². The Kier molecular flexibility index (Phi) is 4.83. The molecule has 7 aromatic carbocycles. The lowest BCUT2D eigenvalue weighted by atomic mass is 9.89. The van der Waals surface area contributed by atoms with Gasteiger partial charge in [0.2, 0.25) is 0 Å². The second-order valence-electron chi connectivity index (χ2n) is 9.68. The van der Waals surface area contributed by atoms with Crippen molar-refractivity contribution in [3.05, 3.63) is 133 Å². The van der Waals surface area contributed by atoms with E-state index in [4.69, 9.17) is 4.74 Å². The fraction of sp³-hybridized carbons (Fsp3) is 0. The van der Waals surface area contributed by atoms with E-state index >= 15 is 0 Å². The first-order valence-corrected chi connectivity index (χ1v) is 13.7. The van der Waals surface area contributed by atoms with Crippen LogP contribution in [0, 0.1) is 0 Å². The van der Waals surface area contributed by atoms with Crippen LogP contribution in [0.4, 0.5) is 0 Å². The Labute approximate surface area is 225 Å². The first kappa shape index (κ1) is 21.5. The summed E-state index contributed by atoms with van der Waals surface area (Å²) in [5, 5.41) is 7.74. The third-order valence-corrected chi connectivity index (χ3v) is 8.63. The van der Waals surface area contributed by atoms with E-state index in [1.165, 1.54) is 49.0 Å². The van der Waals surface area contributed by atoms with Gasteiger partial charge in [0, 0.05) is 5.56 Å². The van der Waals surface area contributed by atoms with Gasteiger partial charge in [-0.15, -0.1) is 0 Å². The normalized spacial score (nSPS) is 12.3. The summed E-state index contributed by atoms with van der Waals surface area (Å²) in [6.45, 7) is 0. The van der Waals surface area contributed by atoms with Crippen molar-refractivity contribution in [2.45, 2.75) is 9.79 Å². The second kappa shape index (κ2) is 8.51. The highest BCUT2D eigenvalue weighted by atomic mass is 32.2. The Balaban J connectivity index is 1.35. The van der Waals surface area contributed by atoms with Crippen molar-refractivity contribution in [2.24, 2.45) is 0 Å². The molecule has 0 aliphatic carbocycles. The Morgan fingerprint density at radius 1 is 0.395 bits per heavy atom. The molecular weight excluding hydrogens is 480 g/mol. The third-order valence-electron chi connectivity index (χ3n) is 7.53. The molecule has 1 aliphatic heterocycles. The first-order valence-electron chi connectivity index (χ1n) is 12.9. The summed E-state index contributed by atoms with van der Waals surface area (Å²) in [6, 6.07) is 47.8. The van der Waals surface area contributed by atoms with Crippen LogP contribution in [0.2, 0.25) is 0 Å². The van der Waals surface area contributed by atoms with Gasteiger partial charge < -0.3 is 4.74 Å². The number of benzene rings is 7. The van der Waals surface area contributed by atoms with Crippen molar-refractivity contribution in [1.29, 1.82) is 0 Å². The van der Waals surface area contributed by atoms with E-state index in [9.17, 15) is 0 Å². The van der Waals surface area contributed by atoms with Gasteiger partial charge >= 0.3 is 0 Å². The quantitative estimate of drug-likeness (QED) is 0.217. The number of fused-ring (bicyclic) bond motifs is 8. The Morgan fingerprint density at radius 2 is 0.947 bits per heavy atom. The van der Waals surface area contributed by atoms with Crippen molar-refractivity contribution < 1.29 is 4.74 Å². The molecule has 0 N–H and O–H groups in total. The molecule has 0 unspecified atom stereocenters. The van der Waals surface area contributed by atoms with Gasteiger partial charge in [0.15, 0.2) is 0 Å². The highest BCUT2D eigenvalue weighted by Gasteiger charge is 2.22. The molecule has 0 aromatic heterocycles. The fourth-order valence-corrected chi connectivity index (χ4v) is 6.79. The van der Waals surface area contributed by atoms with Gasteiger partial charge in [0.25, 0.3) is 0 Å². The van der Waals surface area contributed by atoms with Gasteiger partial charge in [-0.25, -0.2) is 0 Å². The van der Waals surface area contributed by atoms with Crippen LogP contribution in [-0.2, 0) is 0 Å². The van der Waals surface area contributed by atoms with E-state index in [1.807, 2.05) is 12.1 Å². The number of ether oxygens (including phenoxy) is 1. The summed E-state index contributed by atoms with van der Waals surface area (Å²) in [5.74, 6) is 1.85. The van der Waals surface area contributed by atoms with E-state index in [0.29, 0.717) is 0 Å². The maximum atomic E-state index is 6.51. The Hall–Kier alpha value is -4.53. The summed E-state index contributed by atoms with van der Waals surface area (Å²) < 4.78 is 6.51. The highest BCUT2D eigenvalue weighted by Crippen LogP contribution is 2.51. The fourth-order valence-electron chi connectivity index (χ4n) is 5.81. The third kappa shape index (κ3) is 3.27. The van der Waals surface area contributed by atoms with Crippen molar-refractivity contribution >= 4 is 44.1 Å². The molecule has 0 saturated carbocycles. The predicted octanol–water partition coefficient (Wildman–Crippen LogP) is 10.7. The van der Waals surface area contributed by atoms with Gasteiger partial charge in [-0.2, -0.15) is 0 Å². The van der Waals surface area contributed by atoms with Crippen LogP contribution in [0.1, 0.15) is 0 Å². The summed E-state index contributed by atoms with van der Waals surface area (Å²) in [5.41, 5.74) is 4.69. The maximum Gasteiger partial charge on any atom is 0.149 e. The average Bonchev–Trinajstić information content (AvgIpc) is 2.99. The van der Waals surface area contributed by atoms with E-state index in [0.717, 1.165) is 26.9 Å². The summed E-state index contributed by atoms with van der Waals surface area (Å²) in [7, 11) is 0. The lowest BCUT2D eigenvalue weighted by Gasteiger charge is -2.23. The molecule has 1 heterocycles. The van der Waals surface area contributed by atoms with Crippen LogP contribution in [0.15, 0.2) is 143 Å². The average molecular weight is 503 g/mol. The monoisotopic (exact) mass is 502 g/mol. The zero-order valence-corrected chi connectivity index (χ0v) is 21.3. The number of hydrogen-bond acceptors (Lipinski definition) is 2. The van der Waals surface area contributed by atoms with Crippen LogP contribution in [0.5, 0.6) is 11.5 Å². The number of rotatable bonds is 2. The van der Waals surface area contributed by atoms with Crippen LogP contribution in [0.25, 0.3) is 54.6 Å². The van der Waals surface area contributed by atoms with Gasteiger partial charge in [-0.05, 0) is 73.3 Å². The molecule has 8 rings (SSSR count). The van der Waals surface area contributed by atoms with Crippen LogP contribution < -0.4 is 4.74 Å².